The molecule has 0 bridgehead atoms. The first-order chi connectivity index (χ1) is 14.1. The molecule has 1 aromatic carbocycles. The van der Waals surface area contributed by atoms with Gasteiger partial charge in [0.25, 0.3) is 5.91 Å². The van der Waals surface area contributed by atoms with Crippen molar-refractivity contribution in [2.24, 2.45) is 0 Å². The molecule has 1 aliphatic rings. The van der Waals surface area contributed by atoms with Crippen molar-refractivity contribution in [1.29, 1.82) is 0 Å². The van der Waals surface area contributed by atoms with Crippen LogP contribution in [0.15, 0.2) is 36.7 Å². The van der Waals surface area contributed by atoms with Crippen LogP contribution in [-0.4, -0.2) is 65.5 Å². The number of aromatic nitrogens is 3. The number of methoxy groups -OCH3 is 2. The number of rotatable bonds is 5. The number of hydrogen-bond acceptors (Lipinski definition) is 6. The number of piperazine rings is 1. The molecule has 10 heteroatoms. The van der Waals surface area contributed by atoms with Crippen LogP contribution in [0.5, 0.6) is 11.5 Å². The predicted octanol–water partition coefficient (Wildman–Crippen LogP) is 2.77. The standard InChI is InChI=1S/C21H25N5O3.2ClH/c1-14-10-22-6-7-25(14)21(27)17-8-16-12-24-26(20(16)23-11-17)13-15-4-5-18(28-2)9-19(15)29-3;;/h4-5,8-9,11-12,14,22H,6-7,10,13H2,1-3H3;2*1H/t14-;;/m1../s1. The molecular formula is C21H27Cl2N5O3. The molecule has 2 aromatic heterocycles. The van der Waals surface area contributed by atoms with E-state index in [2.05, 4.69) is 22.3 Å². The Hall–Kier alpha value is -2.55. The molecule has 1 atom stereocenters. The maximum atomic E-state index is 12.9. The molecule has 3 heterocycles. The summed E-state index contributed by atoms with van der Waals surface area (Å²) in [5.41, 5.74) is 2.29. The molecule has 1 amide bonds. The van der Waals surface area contributed by atoms with Crippen LogP contribution < -0.4 is 14.8 Å². The SMILES string of the molecule is COc1ccc(Cn2ncc3cc(C(=O)N4CCNC[C@H]4C)cnc32)c(OC)c1.Cl.Cl. The van der Waals surface area contributed by atoms with Gasteiger partial charge in [0.15, 0.2) is 5.65 Å². The summed E-state index contributed by atoms with van der Waals surface area (Å²) in [5.74, 6) is 1.48. The molecule has 1 fully saturated rings. The number of hydrogen-bond donors (Lipinski definition) is 1. The highest BCUT2D eigenvalue weighted by Gasteiger charge is 2.24. The van der Waals surface area contributed by atoms with E-state index in [4.69, 9.17) is 9.47 Å². The summed E-state index contributed by atoms with van der Waals surface area (Å²) in [6.07, 6.45) is 3.39. The van der Waals surface area contributed by atoms with E-state index in [1.807, 2.05) is 29.2 Å². The van der Waals surface area contributed by atoms with E-state index < -0.39 is 0 Å². The number of benzene rings is 1. The van der Waals surface area contributed by atoms with Crippen molar-refractivity contribution in [2.45, 2.75) is 19.5 Å². The van der Waals surface area contributed by atoms with Gasteiger partial charge in [0.05, 0.1) is 32.5 Å². The van der Waals surface area contributed by atoms with Crippen LogP contribution in [0.2, 0.25) is 0 Å². The summed E-state index contributed by atoms with van der Waals surface area (Å²) in [6.45, 7) is 4.88. The van der Waals surface area contributed by atoms with Crippen molar-refractivity contribution in [3.63, 3.8) is 0 Å². The topological polar surface area (TPSA) is 81.5 Å². The Morgan fingerprint density at radius 1 is 1.19 bits per heavy atom. The summed E-state index contributed by atoms with van der Waals surface area (Å²) in [5, 5.41) is 8.61. The maximum absolute atomic E-state index is 12.9. The van der Waals surface area contributed by atoms with Crippen molar-refractivity contribution in [3.8, 4) is 11.5 Å². The molecule has 3 aromatic rings. The van der Waals surface area contributed by atoms with Gasteiger partial charge in [0, 0.05) is 48.9 Å². The van der Waals surface area contributed by atoms with Crippen LogP contribution >= 0.6 is 24.8 Å². The molecule has 1 aliphatic heterocycles. The lowest BCUT2D eigenvalue weighted by Crippen LogP contribution is -2.52. The number of amides is 1. The zero-order valence-corrected chi connectivity index (χ0v) is 19.3. The zero-order chi connectivity index (χ0) is 20.4. The van der Waals surface area contributed by atoms with Gasteiger partial charge in [-0.3, -0.25) is 4.79 Å². The highest BCUT2D eigenvalue weighted by molar-refractivity contribution is 5.97. The molecule has 4 rings (SSSR count). The van der Waals surface area contributed by atoms with E-state index in [-0.39, 0.29) is 36.8 Å². The third kappa shape index (κ3) is 5.03. The molecule has 0 spiro atoms. The highest BCUT2D eigenvalue weighted by atomic mass is 35.5. The Morgan fingerprint density at radius 3 is 2.71 bits per heavy atom. The van der Waals surface area contributed by atoms with Gasteiger partial charge < -0.3 is 19.7 Å². The second-order valence-electron chi connectivity index (χ2n) is 7.17. The quantitative estimate of drug-likeness (QED) is 0.621. The third-order valence-corrected chi connectivity index (χ3v) is 5.30. The van der Waals surface area contributed by atoms with Crippen molar-refractivity contribution in [1.82, 2.24) is 25.0 Å². The van der Waals surface area contributed by atoms with Crippen LogP contribution in [0.1, 0.15) is 22.8 Å². The molecular weight excluding hydrogens is 441 g/mol. The molecule has 1 saturated heterocycles. The minimum absolute atomic E-state index is 0. The largest absolute Gasteiger partial charge is 0.497 e. The number of ether oxygens (including phenoxy) is 2. The number of fused-ring (bicyclic) bond motifs is 1. The van der Waals surface area contributed by atoms with Gasteiger partial charge >= 0.3 is 0 Å². The second-order valence-corrected chi connectivity index (χ2v) is 7.17. The first kappa shape index (κ1) is 24.7. The number of carbonyl (C=O) groups is 1. The summed E-state index contributed by atoms with van der Waals surface area (Å²) in [6, 6.07) is 7.72. The van der Waals surface area contributed by atoms with Crippen LogP contribution in [-0.2, 0) is 6.54 Å². The predicted molar refractivity (Wildman–Crippen MR) is 124 cm³/mol. The normalized spacial score (nSPS) is 15.7. The Labute approximate surface area is 193 Å². The fourth-order valence-electron chi connectivity index (χ4n) is 3.66. The van der Waals surface area contributed by atoms with Gasteiger partial charge in [-0.2, -0.15) is 5.10 Å². The molecule has 1 N–H and O–H groups in total. The van der Waals surface area contributed by atoms with Gasteiger partial charge in [-0.25, -0.2) is 9.67 Å². The summed E-state index contributed by atoms with van der Waals surface area (Å²) in [7, 11) is 3.26. The van der Waals surface area contributed by atoms with Gasteiger partial charge in [-0.05, 0) is 25.1 Å². The van der Waals surface area contributed by atoms with Crippen LogP contribution in [0, 0.1) is 0 Å². The molecule has 31 heavy (non-hydrogen) atoms. The lowest BCUT2D eigenvalue weighted by atomic mass is 10.1. The number of nitrogens with one attached hydrogen (secondary N) is 1. The first-order valence-electron chi connectivity index (χ1n) is 9.65. The molecule has 0 radical (unpaired) electrons. The van der Waals surface area contributed by atoms with E-state index in [0.717, 1.165) is 41.2 Å². The van der Waals surface area contributed by atoms with E-state index in [0.29, 0.717) is 18.7 Å². The van der Waals surface area contributed by atoms with E-state index in [1.54, 1.807) is 31.3 Å². The van der Waals surface area contributed by atoms with E-state index in [9.17, 15) is 4.79 Å². The second kappa shape index (κ2) is 10.7. The number of carbonyl (C=O) groups excluding carboxylic acids is 1. The highest BCUT2D eigenvalue weighted by Crippen LogP contribution is 2.26. The fourth-order valence-corrected chi connectivity index (χ4v) is 3.66. The van der Waals surface area contributed by atoms with Crippen LogP contribution in [0.4, 0.5) is 0 Å². The minimum Gasteiger partial charge on any atom is -0.497 e. The molecule has 0 aliphatic carbocycles. The van der Waals surface area contributed by atoms with Crippen LogP contribution in [0.3, 0.4) is 0 Å². The average Bonchev–Trinajstić information content (AvgIpc) is 3.16. The number of halogens is 2. The van der Waals surface area contributed by atoms with Crippen LogP contribution in [0.25, 0.3) is 11.0 Å². The van der Waals surface area contributed by atoms with Gasteiger partial charge in [0.1, 0.15) is 11.5 Å². The Kier molecular flexibility index (Phi) is 8.50. The maximum Gasteiger partial charge on any atom is 0.255 e. The Bertz CT molecular complexity index is 1040. The van der Waals surface area contributed by atoms with E-state index >= 15 is 0 Å². The summed E-state index contributed by atoms with van der Waals surface area (Å²) >= 11 is 0. The first-order valence-corrected chi connectivity index (χ1v) is 9.65. The summed E-state index contributed by atoms with van der Waals surface area (Å²) < 4.78 is 12.5. The minimum atomic E-state index is 0. The van der Waals surface area contributed by atoms with Crippen molar-refractivity contribution < 1.29 is 14.3 Å². The third-order valence-electron chi connectivity index (χ3n) is 5.30. The smallest absolute Gasteiger partial charge is 0.255 e. The van der Waals surface area contributed by atoms with Crippen molar-refractivity contribution in [3.05, 3.63) is 47.8 Å². The number of nitrogens with zero attached hydrogens (tertiary/aromatic N) is 4. The Balaban J connectivity index is 0.00000171. The molecule has 0 saturated carbocycles. The van der Waals surface area contributed by atoms with Gasteiger partial charge in [-0.1, -0.05) is 0 Å². The monoisotopic (exact) mass is 467 g/mol. The molecule has 8 nitrogen and oxygen atoms in total. The zero-order valence-electron chi connectivity index (χ0n) is 17.7. The number of pyridine rings is 1. The van der Waals surface area contributed by atoms with E-state index in [1.165, 1.54) is 0 Å². The summed E-state index contributed by atoms with van der Waals surface area (Å²) in [4.78, 5) is 19.3. The molecule has 168 valence electrons. The van der Waals surface area contributed by atoms with Gasteiger partial charge in [0.2, 0.25) is 0 Å². The van der Waals surface area contributed by atoms with Crippen molar-refractivity contribution in [2.75, 3.05) is 33.9 Å². The van der Waals surface area contributed by atoms with Crippen molar-refractivity contribution >= 4 is 41.8 Å². The average molecular weight is 468 g/mol. The lowest BCUT2D eigenvalue weighted by Gasteiger charge is -2.33. The lowest BCUT2D eigenvalue weighted by molar-refractivity contribution is 0.0655. The van der Waals surface area contributed by atoms with Gasteiger partial charge in [-0.15, -0.1) is 24.8 Å². The fraction of sp³-hybridized carbons (Fsp3) is 0.381. The Morgan fingerprint density at radius 2 is 2.00 bits per heavy atom. The molecule has 0 unspecified atom stereocenters.